The van der Waals surface area contributed by atoms with Gasteiger partial charge in [0.1, 0.15) is 23.2 Å². The molecule has 13 heteroatoms. The highest BCUT2D eigenvalue weighted by molar-refractivity contribution is 7.98. The Morgan fingerprint density at radius 3 is 2.73 bits per heavy atom. The summed E-state index contributed by atoms with van der Waals surface area (Å²) in [7, 11) is 0. The molecule has 7 nitrogen and oxygen atoms in total. The number of carbonyl (C=O) groups excluding carboxylic acids is 1. The maximum Gasteiger partial charge on any atom is 0.417 e. The summed E-state index contributed by atoms with van der Waals surface area (Å²) < 4.78 is 80.0. The van der Waals surface area contributed by atoms with Gasteiger partial charge in [0.15, 0.2) is 5.82 Å². The molecule has 2 fully saturated rings. The van der Waals surface area contributed by atoms with Crippen molar-refractivity contribution in [3.63, 3.8) is 0 Å². The first-order chi connectivity index (χ1) is 19.5. The monoisotopic (exact) mass is 591 g/mol. The maximum atomic E-state index is 16.5. The molecule has 2 aromatic heterocycles. The van der Waals surface area contributed by atoms with Crippen molar-refractivity contribution < 1.29 is 31.5 Å². The van der Waals surface area contributed by atoms with E-state index < -0.39 is 57.9 Å². The molecule has 3 aliphatic rings. The van der Waals surface area contributed by atoms with E-state index in [1.165, 1.54) is 0 Å². The third-order valence-corrected chi connectivity index (χ3v) is 9.10. The van der Waals surface area contributed by atoms with Crippen LogP contribution in [0.25, 0.3) is 11.3 Å². The summed E-state index contributed by atoms with van der Waals surface area (Å²) in [6.07, 6.45) is -0.801. The quantitative estimate of drug-likeness (QED) is 0.240. The molecule has 1 aromatic carbocycles. The van der Waals surface area contributed by atoms with Crippen LogP contribution < -0.4 is 15.8 Å². The predicted molar refractivity (Wildman–Crippen MR) is 142 cm³/mol. The van der Waals surface area contributed by atoms with Crippen LogP contribution in [0.15, 0.2) is 35.5 Å². The molecule has 0 aliphatic carbocycles. The molecule has 3 N–H and O–H groups in total. The topological polar surface area (TPSA) is 93.4 Å². The smallest absolute Gasteiger partial charge is 0.417 e. The van der Waals surface area contributed by atoms with E-state index in [0.29, 0.717) is 12.1 Å². The molecule has 216 valence electrons. The number of halogens is 5. The van der Waals surface area contributed by atoms with Gasteiger partial charge in [-0.15, -0.1) is 11.8 Å². The van der Waals surface area contributed by atoms with Gasteiger partial charge in [0.25, 0.3) is 5.91 Å². The lowest BCUT2D eigenvalue weighted by molar-refractivity contribution is -0.137. The van der Waals surface area contributed by atoms with Crippen molar-refractivity contribution in [1.82, 2.24) is 20.2 Å². The zero-order valence-electron chi connectivity index (χ0n) is 22.1. The second-order valence-electron chi connectivity index (χ2n) is 10.6. The SMILES string of the molecule is Cc1c(F)c(N)cc(-c2nc3c(c(SCc4cccnc4)c2F)C(=O)N2C[C@H]4CC[C@H](N4)[C@H]2[C@H](C)O3)c1C(F)(F)F. The standard InChI is InChI=1S/C28H26F5N5O2S/c1-12-20(28(31,32)33)16(8-17(34)21(12)29)23-22(30)25(41-11-14-4-3-7-35-9-14)19-26(37-23)40-13(2)24-18-6-5-15(36-18)10-38(24)27(19)39/h3-4,7-9,13,15,18,24,36H,5-6,10-11,34H2,1-2H3/t13-,15+,18-,24+/m0/s1. The number of nitrogens with one attached hydrogen (secondary N) is 1. The molecular formula is C28H26F5N5O2S. The molecule has 0 unspecified atom stereocenters. The molecular weight excluding hydrogens is 565 g/mol. The number of aromatic nitrogens is 2. The first-order valence-corrected chi connectivity index (χ1v) is 14.1. The Kier molecular flexibility index (Phi) is 6.84. The molecule has 5 heterocycles. The number of carbonyl (C=O) groups is 1. The van der Waals surface area contributed by atoms with Crippen molar-refractivity contribution >= 4 is 23.4 Å². The number of rotatable bonds is 4. The minimum Gasteiger partial charge on any atom is -0.472 e. The van der Waals surface area contributed by atoms with Crippen molar-refractivity contribution in [2.45, 2.75) is 67.7 Å². The minimum absolute atomic E-state index is 0.0470. The fourth-order valence-corrected chi connectivity index (χ4v) is 7.17. The second-order valence-corrected chi connectivity index (χ2v) is 11.6. The number of anilines is 1. The maximum absolute atomic E-state index is 16.5. The lowest BCUT2D eigenvalue weighted by atomic mass is 9.96. The van der Waals surface area contributed by atoms with E-state index in [9.17, 15) is 22.4 Å². The Hall–Kier alpha value is -3.45. The van der Waals surface area contributed by atoms with E-state index in [0.717, 1.165) is 37.6 Å². The number of pyridine rings is 2. The molecule has 0 saturated carbocycles. The molecule has 0 radical (unpaired) electrons. The lowest BCUT2D eigenvalue weighted by Crippen LogP contribution is -2.63. The van der Waals surface area contributed by atoms with Gasteiger partial charge in [-0.05, 0) is 49.9 Å². The van der Waals surface area contributed by atoms with Crippen molar-refractivity contribution in [1.29, 1.82) is 0 Å². The number of benzene rings is 1. The van der Waals surface area contributed by atoms with Crippen LogP contribution in [0.3, 0.4) is 0 Å². The first-order valence-electron chi connectivity index (χ1n) is 13.1. The number of hydrogen-bond donors (Lipinski definition) is 2. The van der Waals surface area contributed by atoms with E-state index in [1.807, 2.05) is 0 Å². The normalized spacial score (nSPS) is 23.6. The van der Waals surface area contributed by atoms with Gasteiger partial charge in [0, 0.05) is 42.3 Å². The predicted octanol–water partition coefficient (Wildman–Crippen LogP) is 5.35. The molecule has 2 saturated heterocycles. The average molecular weight is 592 g/mol. The van der Waals surface area contributed by atoms with Gasteiger partial charge in [-0.3, -0.25) is 9.78 Å². The number of fused-ring (bicyclic) bond motifs is 5. The van der Waals surface area contributed by atoms with E-state index in [2.05, 4.69) is 15.3 Å². The number of piperazine rings is 1. The van der Waals surface area contributed by atoms with Gasteiger partial charge in [-0.25, -0.2) is 13.8 Å². The Morgan fingerprint density at radius 1 is 1.24 bits per heavy atom. The van der Waals surface area contributed by atoms with Gasteiger partial charge in [0.2, 0.25) is 5.88 Å². The lowest BCUT2D eigenvalue weighted by Gasteiger charge is -2.41. The molecule has 3 aliphatic heterocycles. The number of nitrogens with two attached hydrogens (primary N) is 1. The van der Waals surface area contributed by atoms with Crippen molar-refractivity contribution in [2.75, 3.05) is 12.3 Å². The second kappa shape index (κ2) is 10.1. The fourth-order valence-electron chi connectivity index (χ4n) is 6.15. The number of ether oxygens (including phenoxy) is 1. The van der Waals surface area contributed by atoms with Crippen molar-refractivity contribution in [2.24, 2.45) is 0 Å². The van der Waals surface area contributed by atoms with Crippen LogP contribution in [0.5, 0.6) is 5.88 Å². The van der Waals surface area contributed by atoms with Crippen LogP contribution in [0.2, 0.25) is 0 Å². The minimum atomic E-state index is -5.05. The summed E-state index contributed by atoms with van der Waals surface area (Å²) in [6, 6.07) is 3.84. The fraction of sp³-hybridized carbons (Fsp3) is 0.393. The Bertz CT molecular complexity index is 1540. The number of hydrogen-bond acceptors (Lipinski definition) is 7. The van der Waals surface area contributed by atoms with Gasteiger partial charge in [-0.2, -0.15) is 13.2 Å². The van der Waals surface area contributed by atoms with Gasteiger partial charge >= 0.3 is 6.18 Å². The van der Waals surface area contributed by atoms with Crippen molar-refractivity contribution in [3.8, 4) is 17.1 Å². The Balaban J connectivity index is 1.57. The van der Waals surface area contributed by atoms with Crippen LogP contribution in [-0.4, -0.2) is 51.5 Å². The van der Waals surface area contributed by atoms with Gasteiger partial charge in [-0.1, -0.05) is 6.07 Å². The summed E-state index contributed by atoms with van der Waals surface area (Å²) in [5, 5.41) is 3.49. The van der Waals surface area contributed by atoms with Crippen molar-refractivity contribution in [3.05, 3.63) is 64.5 Å². The molecule has 2 bridgehead atoms. The molecule has 3 aromatic rings. The first kappa shape index (κ1) is 27.7. The molecule has 1 amide bonds. The third-order valence-electron chi connectivity index (χ3n) is 7.95. The summed E-state index contributed by atoms with van der Waals surface area (Å²) in [6.45, 7) is 3.07. The van der Waals surface area contributed by atoms with Crippen LogP contribution in [0.1, 0.15) is 46.8 Å². The zero-order chi connectivity index (χ0) is 29.2. The zero-order valence-corrected chi connectivity index (χ0v) is 22.9. The highest BCUT2D eigenvalue weighted by Gasteiger charge is 2.49. The van der Waals surface area contributed by atoms with Gasteiger partial charge < -0.3 is 20.7 Å². The average Bonchev–Trinajstić information content (AvgIpc) is 3.26. The Labute approximate surface area is 236 Å². The summed E-state index contributed by atoms with van der Waals surface area (Å²) in [4.78, 5) is 23.8. The van der Waals surface area contributed by atoms with Gasteiger partial charge in [0.05, 0.1) is 22.2 Å². The Morgan fingerprint density at radius 2 is 2.02 bits per heavy atom. The number of thioether (sulfide) groups is 1. The largest absolute Gasteiger partial charge is 0.472 e. The molecule has 6 rings (SSSR count). The van der Waals surface area contributed by atoms with E-state index in [1.54, 1.807) is 36.4 Å². The summed E-state index contributed by atoms with van der Waals surface area (Å²) in [5.41, 5.74) is 2.05. The van der Waals surface area contributed by atoms with Crippen LogP contribution in [-0.2, 0) is 11.9 Å². The number of amides is 1. The highest BCUT2D eigenvalue weighted by Crippen LogP contribution is 2.47. The van der Waals surface area contributed by atoms with E-state index in [-0.39, 0.29) is 40.2 Å². The van der Waals surface area contributed by atoms with E-state index in [4.69, 9.17) is 10.5 Å². The number of alkyl halides is 3. The molecule has 0 spiro atoms. The van der Waals surface area contributed by atoms with Crippen LogP contribution in [0, 0.1) is 18.6 Å². The molecule has 41 heavy (non-hydrogen) atoms. The molecule has 4 atom stereocenters. The summed E-state index contributed by atoms with van der Waals surface area (Å²) >= 11 is 0.935. The highest BCUT2D eigenvalue weighted by atomic mass is 32.2. The third kappa shape index (κ3) is 4.68. The van der Waals surface area contributed by atoms with E-state index >= 15 is 4.39 Å². The van der Waals surface area contributed by atoms with Crippen LogP contribution in [0.4, 0.5) is 27.6 Å². The summed E-state index contributed by atoms with van der Waals surface area (Å²) in [5.74, 6) is -3.00. The van der Waals surface area contributed by atoms with Crippen LogP contribution >= 0.6 is 11.8 Å². The number of nitrogen functional groups attached to an aromatic ring is 1. The number of nitrogens with zero attached hydrogens (tertiary/aromatic N) is 3.